The molecule has 0 saturated heterocycles. The largest absolute Gasteiger partial charge is 1.00 e. The van der Waals surface area contributed by atoms with Gasteiger partial charge in [-0.25, -0.2) is 0 Å². The molecule has 15 rings (SSSR count). The summed E-state index contributed by atoms with van der Waals surface area (Å²) in [6, 6.07) is 0. The summed E-state index contributed by atoms with van der Waals surface area (Å²) in [6.07, 6.45) is 119. The van der Waals surface area contributed by atoms with Gasteiger partial charge in [-0.15, -0.1) is 0 Å². The molecule has 15 aliphatic rings. The Kier molecular flexibility index (Phi) is 60.7. The molecule has 0 aromatic heterocycles. The Morgan fingerprint density at radius 1 is 0.132 bits per heavy atom. The molecule has 0 heterocycles. The van der Waals surface area contributed by atoms with Gasteiger partial charge in [-0.1, -0.05) is 96.3 Å². The van der Waals surface area contributed by atoms with Gasteiger partial charge in [0.2, 0.25) is 0 Å². The number of hydrogen-bond acceptors (Lipinski definition) is 0. The second-order valence-electron chi connectivity index (χ2n) is 38.0. The Balaban J connectivity index is 0.000000272. The van der Waals surface area contributed by atoms with Gasteiger partial charge in [0.25, 0.3) is 0 Å². The van der Waals surface area contributed by atoms with E-state index in [1.165, 1.54) is 84.9 Å². The summed E-state index contributed by atoms with van der Waals surface area (Å²) in [5.74, 6) is 0. The Morgan fingerprint density at radius 3 is 0.226 bits per heavy atom. The van der Waals surface area contributed by atoms with Crippen molar-refractivity contribution in [2.75, 3.05) is 0 Å². The van der Waals surface area contributed by atoms with E-state index in [0.29, 0.717) is 0 Å². The number of hydrogen-bond donors (Lipinski definition) is 0. The zero-order valence-electron chi connectivity index (χ0n) is 68.8. The second kappa shape index (κ2) is 61.8. The quantitative estimate of drug-likeness (QED) is 0.0663. The summed E-state index contributed by atoms with van der Waals surface area (Å²) in [6.45, 7) is 0. The van der Waals surface area contributed by atoms with Crippen LogP contribution >= 0.6 is 39.6 Å². The molecule has 0 nitrogen and oxygen atoms in total. The van der Waals surface area contributed by atoms with Crippen LogP contribution in [0.3, 0.4) is 0 Å². The molecule has 0 unspecified atom stereocenters. The predicted molar refractivity (Wildman–Crippen MR) is 461 cm³/mol. The van der Waals surface area contributed by atoms with Crippen molar-refractivity contribution in [3.8, 4) is 0 Å². The molecule has 643 valence electrons. The molecule has 0 aliphatic heterocycles. The van der Waals surface area contributed by atoms with E-state index in [4.69, 9.17) is 0 Å². The minimum Gasteiger partial charge on any atom is -0.418 e. The van der Waals surface area contributed by atoms with Crippen molar-refractivity contribution in [2.24, 2.45) is 0 Å². The molecule has 0 amide bonds. The van der Waals surface area contributed by atoms with Crippen LogP contribution in [-0.4, -0.2) is 92.1 Å². The smallest absolute Gasteiger partial charge is 0.418 e. The molecule has 0 N–H and O–H groups in total. The third-order valence-electron chi connectivity index (χ3n) is 31.1. The second-order valence-corrected chi connectivity index (χ2v) is 55.3. The molecule has 0 spiro atoms. The Bertz CT molecular complexity index is 1470. The maximum Gasteiger partial charge on any atom is 1.00 e. The van der Waals surface area contributed by atoms with Crippen LogP contribution in [0.4, 0.5) is 17.3 Å². The molecule has 15 fully saturated rings. The first-order chi connectivity index (χ1) is 49.2. The van der Waals surface area contributed by atoms with Crippen LogP contribution < -0.4 is 0 Å². The summed E-state index contributed by atoms with van der Waals surface area (Å²) >= 11 is 0. The number of halogens is 4. The molecule has 15 aliphatic carbocycles. The summed E-state index contributed by atoms with van der Waals surface area (Å²) in [7, 11) is -6.23. The van der Waals surface area contributed by atoms with Gasteiger partial charge in [0.1, 0.15) is 0 Å². The summed E-state index contributed by atoms with van der Waals surface area (Å²) in [4.78, 5) is 0. The monoisotopic (exact) mass is 2490 g/mol. The van der Waals surface area contributed by atoms with E-state index in [9.17, 15) is 17.3 Å². The zero-order valence-corrected chi connectivity index (χ0v) is 84.6. The van der Waals surface area contributed by atoms with Crippen molar-refractivity contribution in [1.29, 1.82) is 0 Å². The van der Waals surface area contributed by atoms with Crippen LogP contribution in [0.15, 0.2) is 0 Å². The van der Waals surface area contributed by atoms with Crippen LogP contribution in [0.5, 0.6) is 0 Å². The van der Waals surface area contributed by atoms with Crippen LogP contribution in [-0.2, 0) is 112 Å². The van der Waals surface area contributed by atoms with E-state index in [0.717, 1.165) is 0 Å². The fourth-order valence-corrected chi connectivity index (χ4v) is 52.7. The van der Waals surface area contributed by atoms with Crippen molar-refractivity contribution in [2.45, 2.75) is 566 Å². The van der Waals surface area contributed by atoms with Gasteiger partial charge < -0.3 is 24.7 Å². The van der Waals surface area contributed by atoms with E-state index in [2.05, 4.69) is 0 Å². The van der Waals surface area contributed by atoms with Gasteiger partial charge in [0.15, 0.2) is 0 Å². The van der Waals surface area contributed by atoms with Crippen molar-refractivity contribution in [3.63, 3.8) is 0 Å². The maximum atomic E-state index is 9.75. The fourth-order valence-electron chi connectivity index (χ4n) is 26.5. The van der Waals surface area contributed by atoms with Crippen LogP contribution in [0, 0.1) is 7.43 Å². The molecular weight excluding hydrogens is 2320 g/mol. The molecule has 0 aromatic carbocycles. The first kappa shape index (κ1) is 104. The van der Waals surface area contributed by atoms with Crippen LogP contribution in [0.25, 0.3) is 0 Å². The molecule has 3 radical (unpaired) electrons. The van der Waals surface area contributed by atoms with Gasteiger partial charge in [-0.05, 0) is 385 Å². The predicted octanol–water partition coefficient (Wildman–Crippen LogP) is 32.7. The topological polar surface area (TPSA) is 0 Å². The molecular formula is C91H173Au5BF4P5+5. The SMILES string of the molecule is C1CCC([PH+](C2CCCCC2)C2CCCCC2)CC1.C1CCC([PH+](C2CCCCC2)C2CCCCC2)CC1.C1CCC([PH+](C2CCCCC2)C2CCCCC2)CC1.C1CCC([PH+](C2CCCCC2)C2CCCCC2)CC1.C1CCC([PH+](C2CCCCC2)C2CCCCC2)CC1.F[B-](F)(F)F.[Au+].[Au+].[Au].[Au].[Au].[CH3-]. The molecule has 106 heavy (non-hydrogen) atoms. The Morgan fingerprint density at radius 2 is 0.179 bits per heavy atom. The van der Waals surface area contributed by atoms with E-state index >= 15 is 0 Å². The maximum absolute atomic E-state index is 9.75. The van der Waals surface area contributed by atoms with Crippen molar-refractivity contribution in [3.05, 3.63) is 7.43 Å². The summed E-state index contributed by atoms with van der Waals surface area (Å²) in [5, 5.41) is 0. The normalized spacial score (nSPS) is 26.5. The third kappa shape index (κ3) is 37.5. The van der Waals surface area contributed by atoms with Crippen molar-refractivity contribution < 1.29 is 129 Å². The molecule has 0 atom stereocenters. The molecule has 15 heteroatoms. The minimum atomic E-state index is -6.00. The Hall–Kier alpha value is 5.64. The van der Waals surface area contributed by atoms with E-state index < -0.39 is 7.25 Å². The first-order valence-corrected chi connectivity index (χ1v) is 56.1. The number of rotatable bonds is 15. The van der Waals surface area contributed by atoms with E-state index in [1.54, 1.807) is 482 Å². The standard InChI is InChI=1S/5C18H33P.CH3.5Au.BF4/c5*1-4-10-16(11-5-1)19(17-12-6-2-7-13-17)18-14-8-3-9-15-18;;;;;;;2-1(3,4)5/h5*16-18H,1-15H2;1H3;;;;;;/q;;;;;-1;;;;2*+1;-1/p+5. The third-order valence-corrected chi connectivity index (χ3v) is 54.0. The Labute approximate surface area is 742 Å². The minimum absolute atomic E-state index is 0. The first-order valence-electron chi connectivity index (χ1n) is 47.5. The zero-order chi connectivity index (χ0) is 69.1. The summed E-state index contributed by atoms with van der Waals surface area (Å²) < 4.78 is 39.0. The van der Waals surface area contributed by atoms with Gasteiger partial charge in [-0.2, -0.15) is 0 Å². The summed E-state index contributed by atoms with van der Waals surface area (Å²) in [5.41, 5.74) is 18.4. The average molecular weight is 2490 g/mol. The van der Waals surface area contributed by atoms with Gasteiger partial charge in [-0.3, -0.25) is 0 Å². The molecule has 0 bridgehead atoms. The van der Waals surface area contributed by atoms with Crippen molar-refractivity contribution in [1.82, 2.24) is 0 Å². The van der Waals surface area contributed by atoms with E-state index in [1.807, 2.05) is 0 Å². The molecule has 15 saturated carbocycles. The van der Waals surface area contributed by atoms with Crippen LogP contribution in [0.1, 0.15) is 482 Å². The average Bonchev–Trinajstić information content (AvgIpc) is 0.852. The fraction of sp³-hybridized carbons (Fsp3) is 0.989. The van der Waals surface area contributed by atoms with Crippen LogP contribution in [0.2, 0.25) is 0 Å². The van der Waals surface area contributed by atoms with Gasteiger partial charge in [0.05, 0.1) is 84.9 Å². The van der Waals surface area contributed by atoms with Crippen molar-refractivity contribution >= 4 is 46.9 Å². The van der Waals surface area contributed by atoms with E-state index in [-0.39, 0.29) is 159 Å². The van der Waals surface area contributed by atoms with Gasteiger partial charge >= 0.3 is 52.0 Å². The van der Waals surface area contributed by atoms with Gasteiger partial charge in [0, 0.05) is 107 Å². The molecule has 0 aromatic rings.